The molecule has 0 atom stereocenters. The number of rotatable bonds is 9. The number of nitrogens with one attached hydrogen (secondary N) is 2. The Morgan fingerprint density at radius 2 is 2.07 bits per heavy atom. The predicted octanol–water partition coefficient (Wildman–Crippen LogP) is 1.18. The fraction of sp³-hybridized carbons (Fsp3) is 0.450. The first-order valence-corrected chi connectivity index (χ1v) is 11.2. The van der Waals surface area contributed by atoms with E-state index in [1.165, 1.54) is 19.2 Å². The molecule has 0 spiro atoms. The minimum atomic E-state index is -4.14. The number of hydrogen-bond donors (Lipinski definition) is 4. The Bertz CT molecular complexity index is 996. The highest BCUT2D eigenvalue weighted by Crippen LogP contribution is 2.32. The summed E-state index contributed by atoms with van der Waals surface area (Å²) in [5.41, 5.74) is -0.0150. The second-order valence-electron chi connectivity index (χ2n) is 7.34. The van der Waals surface area contributed by atoms with Crippen LogP contribution in [0.25, 0.3) is 0 Å². The zero-order chi connectivity index (χ0) is 22.5. The lowest BCUT2D eigenvalue weighted by atomic mass is 10.1. The molecule has 5 N–H and O–H groups in total. The Kier molecular flexibility index (Phi) is 7.60. The number of carbonyl (C=O) groups excluding carboxylic acids is 1. The summed E-state index contributed by atoms with van der Waals surface area (Å²) in [4.78, 5) is 12.8. The molecule has 0 radical (unpaired) electrons. The van der Waals surface area contributed by atoms with Gasteiger partial charge in [-0.05, 0) is 30.9 Å². The first-order chi connectivity index (χ1) is 14.1. The molecule has 0 saturated carbocycles. The van der Waals surface area contributed by atoms with Crippen LogP contribution >= 0.6 is 0 Å². The van der Waals surface area contributed by atoms with Crippen molar-refractivity contribution in [2.45, 2.75) is 44.9 Å². The van der Waals surface area contributed by atoms with E-state index in [0.29, 0.717) is 31.1 Å². The van der Waals surface area contributed by atoms with Gasteiger partial charge in [0.25, 0.3) is 15.9 Å². The van der Waals surface area contributed by atoms with Crippen molar-refractivity contribution in [3.63, 3.8) is 0 Å². The standard InChI is InChI=1S/C20H28N4O5S/c1-5-6-14(21)18(25)17(20(26)22-10-9-12(2)3)19-23-15-8-7-13(29-4)11-16(15)30(27,28)24-19/h7-8,11-12,21,25H,5-6,9-10H2,1-4H3,(H,22,26)(H,23,24)/p+1/b18-17+,21-14?. The Morgan fingerprint density at radius 3 is 2.67 bits per heavy atom. The van der Waals surface area contributed by atoms with Crippen molar-refractivity contribution in [1.82, 2.24) is 5.32 Å². The maximum atomic E-state index is 12.9. The first-order valence-electron chi connectivity index (χ1n) is 9.74. The largest absolute Gasteiger partial charge is 0.502 e. The lowest BCUT2D eigenvalue weighted by Gasteiger charge is -2.21. The van der Waals surface area contributed by atoms with Crippen molar-refractivity contribution >= 4 is 33.2 Å². The van der Waals surface area contributed by atoms with Crippen LogP contribution in [0.4, 0.5) is 5.69 Å². The van der Waals surface area contributed by atoms with Gasteiger partial charge in [0.1, 0.15) is 16.2 Å². The van der Waals surface area contributed by atoms with Crippen LogP contribution in [-0.4, -0.2) is 44.6 Å². The zero-order valence-corrected chi connectivity index (χ0v) is 18.5. The normalized spacial score (nSPS) is 15.4. The summed E-state index contributed by atoms with van der Waals surface area (Å²) in [7, 11) is -2.72. The SMILES string of the molecule is CCCC(=[NH2+])/C(O)=C(\C(=O)NCCC(C)C)C1=NS(=O)(=O)c2cc(OC)ccc2N1. The topological polar surface area (TPSA) is 143 Å². The van der Waals surface area contributed by atoms with Gasteiger partial charge in [-0.1, -0.05) is 20.8 Å². The lowest BCUT2D eigenvalue weighted by Crippen LogP contribution is -2.44. The van der Waals surface area contributed by atoms with Gasteiger partial charge < -0.3 is 20.5 Å². The van der Waals surface area contributed by atoms with E-state index in [1.54, 1.807) is 6.07 Å². The third-order valence-corrected chi connectivity index (χ3v) is 5.78. The number of amidine groups is 1. The highest BCUT2D eigenvalue weighted by molar-refractivity contribution is 7.90. The molecule has 1 aliphatic heterocycles. The van der Waals surface area contributed by atoms with Crippen molar-refractivity contribution in [2.75, 3.05) is 19.0 Å². The maximum absolute atomic E-state index is 12.9. The van der Waals surface area contributed by atoms with Gasteiger partial charge in [-0.3, -0.25) is 10.2 Å². The molecule has 0 saturated heterocycles. The number of allylic oxidation sites excluding steroid dienone is 1. The second kappa shape index (κ2) is 9.75. The molecule has 1 aromatic carbocycles. The quantitative estimate of drug-likeness (QED) is 0.260. The Morgan fingerprint density at radius 1 is 1.37 bits per heavy atom. The van der Waals surface area contributed by atoms with E-state index in [-0.39, 0.29) is 27.7 Å². The average Bonchev–Trinajstić information content (AvgIpc) is 2.67. The molecule has 164 valence electrons. The van der Waals surface area contributed by atoms with Gasteiger partial charge in [-0.2, -0.15) is 8.42 Å². The van der Waals surface area contributed by atoms with Crippen LogP contribution in [0.5, 0.6) is 5.75 Å². The molecule has 0 aromatic heterocycles. The number of methoxy groups -OCH3 is 1. The molecule has 0 aliphatic carbocycles. The zero-order valence-electron chi connectivity index (χ0n) is 17.7. The van der Waals surface area contributed by atoms with E-state index in [9.17, 15) is 18.3 Å². The number of aliphatic hydroxyl groups is 1. The third-order valence-electron chi connectivity index (χ3n) is 4.46. The Hall–Kier alpha value is -2.88. The molecule has 1 heterocycles. The molecule has 0 fully saturated rings. The average molecular weight is 438 g/mol. The van der Waals surface area contributed by atoms with Gasteiger partial charge in [-0.15, -0.1) is 4.40 Å². The van der Waals surface area contributed by atoms with Crippen molar-refractivity contribution in [2.24, 2.45) is 10.3 Å². The summed E-state index contributed by atoms with van der Waals surface area (Å²) in [5, 5.41) is 22.1. The Balaban J connectivity index is 2.51. The number of anilines is 1. The molecule has 1 amide bonds. The smallest absolute Gasteiger partial charge is 0.286 e. The molecule has 9 nitrogen and oxygen atoms in total. The van der Waals surface area contributed by atoms with Crippen molar-refractivity contribution in [3.8, 4) is 5.75 Å². The summed E-state index contributed by atoms with van der Waals surface area (Å²) in [6, 6.07) is 4.42. The van der Waals surface area contributed by atoms with Crippen LogP contribution < -0.4 is 20.8 Å². The summed E-state index contributed by atoms with van der Waals surface area (Å²) in [6.45, 7) is 6.25. The van der Waals surface area contributed by atoms with Gasteiger partial charge in [0.15, 0.2) is 11.6 Å². The van der Waals surface area contributed by atoms with Crippen LogP contribution in [0.3, 0.4) is 0 Å². The minimum absolute atomic E-state index is 0.0777. The van der Waals surface area contributed by atoms with Gasteiger partial charge in [0.05, 0.1) is 12.8 Å². The van der Waals surface area contributed by atoms with Gasteiger partial charge >= 0.3 is 0 Å². The highest BCUT2D eigenvalue weighted by atomic mass is 32.2. The number of amides is 1. The van der Waals surface area contributed by atoms with E-state index >= 15 is 0 Å². The molecule has 2 rings (SSSR count). The second-order valence-corrected chi connectivity index (χ2v) is 8.91. The van der Waals surface area contributed by atoms with E-state index in [2.05, 4.69) is 15.0 Å². The van der Waals surface area contributed by atoms with Crippen molar-refractivity contribution < 1.29 is 28.5 Å². The van der Waals surface area contributed by atoms with Crippen LogP contribution in [-0.2, 0) is 14.8 Å². The summed E-state index contributed by atoms with van der Waals surface area (Å²) in [6.07, 6.45) is 1.69. The molecule has 0 bridgehead atoms. The number of fused-ring (bicyclic) bond motifs is 1. The van der Waals surface area contributed by atoms with Crippen LogP contribution in [0, 0.1) is 5.92 Å². The fourth-order valence-electron chi connectivity index (χ4n) is 2.81. The number of benzene rings is 1. The van der Waals surface area contributed by atoms with E-state index < -0.39 is 21.7 Å². The van der Waals surface area contributed by atoms with Crippen molar-refractivity contribution in [1.29, 1.82) is 0 Å². The van der Waals surface area contributed by atoms with Gasteiger partial charge in [0.2, 0.25) is 5.71 Å². The first kappa shape index (κ1) is 23.4. The molecule has 0 unspecified atom stereocenters. The van der Waals surface area contributed by atoms with E-state index in [0.717, 1.165) is 6.42 Å². The summed E-state index contributed by atoms with van der Waals surface area (Å²) < 4.78 is 34.3. The predicted molar refractivity (Wildman–Crippen MR) is 115 cm³/mol. The lowest BCUT2D eigenvalue weighted by molar-refractivity contribution is -0.120. The highest BCUT2D eigenvalue weighted by Gasteiger charge is 2.33. The van der Waals surface area contributed by atoms with E-state index in [4.69, 9.17) is 10.1 Å². The monoisotopic (exact) mass is 437 g/mol. The van der Waals surface area contributed by atoms with Gasteiger partial charge in [-0.25, -0.2) is 0 Å². The Labute approximate surface area is 176 Å². The van der Waals surface area contributed by atoms with Crippen LogP contribution in [0.15, 0.2) is 38.8 Å². The maximum Gasteiger partial charge on any atom is 0.286 e. The molecule has 30 heavy (non-hydrogen) atoms. The van der Waals surface area contributed by atoms with Crippen LogP contribution in [0.1, 0.15) is 40.0 Å². The van der Waals surface area contributed by atoms with Crippen LogP contribution in [0.2, 0.25) is 0 Å². The van der Waals surface area contributed by atoms with Crippen molar-refractivity contribution in [3.05, 3.63) is 29.5 Å². The number of nitrogens with two attached hydrogens (primary N) is 1. The van der Waals surface area contributed by atoms with Gasteiger partial charge in [0, 0.05) is 19.0 Å². The molecule has 10 heteroatoms. The number of hydrogen-bond acceptors (Lipinski definition) is 6. The number of ether oxygens (including phenoxy) is 1. The summed E-state index contributed by atoms with van der Waals surface area (Å²) >= 11 is 0. The number of carbonyl (C=O) groups is 1. The number of aliphatic hydroxyl groups excluding tert-OH is 1. The molecule has 1 aliphatic rings. The number of sulfonamides is 1. The molecule has 1 aromatic rings. The third kappa shape index (κ3) is 5.38. The number of nitrogens with zero attached hydrogens (tertiary/aromatic N) is 1. The summed E-state index contributed by atoms with van der Waals surface area (Å²) in [5.74, 6) is -0.729. The molecular formula is C20H29N4O5S+. The minimum Gasteiger partial charge on any atom is -0.502 e. The van der Waals surface area contributed by atoms with E-state index in [1.807, 2.05) is 20.8 Å². The molecular weight excluding hydrogens is 408 g/mol. The fourth-order valence-corrected chi connectivity index (χ4v) is 3.95.